The van der Waals surface area contributed by atoms with E-state index >= 15 is 0 Å². The summed E-state index contributed by atoms with van der Waals surface area (Å²) < 4.78 is 18.9. The molecule has 1 heterocycles. The molecule has 0 aliphatic carbocycles. The Labute approximate surface area is 119 Å². The van der Waals surface area contributed by atoms with Gasteiger partial charge in [-0.15, -0.1) is 0 Å². The number of ether oxygens (including phenoxy) is 1. The Bertz CT molecular complexity index is 731. The van der Waals surface area contributed by atoms with E-state index in [1.165, 1.54) is 24.3 Å². The number of nitrogens with two attached hydrogens (primary N) is 1. The number of aryl methyl sites for hydroxylation is 1. The van der Waals surface area contributed by atoms with E-state index in [0.717, 1.165) is 6.07 Å². The molecule has 7 heteroatoms. The van der Waals surface area contributed by atoms with Crippen LogP contribution in [-0.4, -0.2) is 22.0 Å². The third kappa shape index (κ3) is 3.14. The van der Waals surface area contributed by atoms with Crippen molar-refractivity contribution in [3.63, 3.8) is 0 Å². The van der Waals surface area contributed by atoms with Gasteiger partial charge in [0.2, 0.25) is 5.88 Å². The molecule has 0 bridgehead atoms. The number of rotatable bonds is 4. The van der Waals surface area contributed by atoms with Crippen LogP contribution in [0.3, 0.4) is 0 Å². The quantitative estimate of drug-likeness (QED) is 0.897. The summed E-state index contributed by atoms with van der Waals surface area (Å²) in [5, 5.41) is 8.97. The molecule has 2 aromatic rings. The Morgan fingerprint density at radius 1 is 1.33 bits per heavy atom. The van der Waals surface area contributed by atoms with Crippen LogP contribution < -0.4 is 10.5 Å². The van der Waals surface area contributed by atoms with E-state index in [1.807, 2.05) is 0 Å². The number of carboxylic acid groups (broad SMARTS) is 1. The molecule has 6 nitrogen and oxygen atoms in total. The second-order valence-corrected chi connectivity index (χ2v) is 4.22. The topological polar surface area (TPSA) is 103 Å². The molecule has 0 aliphatic rings. The average molecular weight is 290 g/mol. The lowest BCUT2D eigenvalue weighted by molar-refractivity contribution is 0.0695. The minimum Gasteiger partial charge on any atom is -0.478 e. The molecular weight excluding hydrogens is 279 g/mol. The monoisotopic (exact) mass is 290 g/mol. The summed E-state index contributed by atoms with van der Waals surface area (Å²) in [4.78, 5) is 26.2. The zero-order chi connectivity index (χ0) is 15.6. The van der Waals surface area contributed by atoms with E-state index in [4.69, 9.17) is 15.6 Å². The molecule has 1 amide bonds. The molecule has 0 unspecified atom stereocenters. The molecule has 1 aromatic heterocycles. The number of hydrogen-bond donors (Lipinski definition) is 2. The van der Waals surface area contributed by atoms with Gasteiger partial charge in [0, 0.05) is 11.8 Å². The van der Waals surface area contributed by atoms with Crippen molar-refractivity contribution in [2.24, 2.45) is 5.73 Å². The Hall–Kier alpha value is -2.96. The maximum atomic E-state index is 13.6. The molecule has 0 saturated heterocycles. The fourth-order valence-electron chi connectivity index (χ4n) is 1.76. The van der Waals surface area contributed by atoms with Gasteiger partial charge in [0.1, 0.15) is 17.1 Å². The first kappa shape index (κ1) is 14.4. The van der Waals surface area contributed by atoms with Gasteiger partial charge in [-0.1, -0.05) is 6.07 Å². The molecule has 0 radical (unpaired) electrons. The summed E-state index contributed by atoms with van der Waals surface area (Å²) in [5.74, 6) is -3.17. The summed E-state index contributed by atoms with van der Waals surface area (Å²) in [6.45, 7) is 1.58. The third-order valence-corrected chi connectivity index (χ3v) is 2.61. The van der Waals surface area contributed by atoms with E-state index in [1.54, 1.807) is 6.92 Å². The maximum absolute atomic E-state index is 13.6. The van der Waals surface area contributed by atoms with Crippen molar-refractivity contribution >= 4 is 11.9 Å². The Balaban J connectivity index is 2.46. The summed E-state index contributed by atoms with van der Waals surface area (Å²) >= 11 is 0. The van der Waals surface area contributed by atoms with Crippen molar-refractivity contribution in [2.45, 2.75) is 6.92 Å². The van der Waals surface area contributed by atoms with Crippen LogP contribution >= 0.6 is 0 Å². The second-order valence-electron chi connectivity index (χ2n) is 4.22. The summed E-state index contributed by atoms with van der Waals surface area (Å²) in [6.07, 6.45) is 0. The minimum atomic E-state index is -1.15. The highest BCUT2D eigenvalue weighted by molar-refractivity contribution is 5.96. The number of primary amides is 1. The van der Waals surface area contributed by atoms with E-state index in [-0.39, 0.29) is 17.2 Å². The van der Waals surface area contributed by atoms with Crippen LogP contribution in [0.5, 0.6) is 11.6 Å². The summed E-state index contributed by atoms with van der Waals surface area (Å²) in [5.41, 5.74) is 5.06. The fraction of sp³-hybridized carbons (Fsp3) is 0.0714. The smallest absolute Gasteiger partial charge is 0.335 e. The molecule has 0 atom stereocenters. The number of carbonyl (C=O) groups is 2. The number of aromatic carboxylic acids is 1. The van der Waals surface area contributed by atoms with Gasteiger partial charge in [-0.05, 0) is 25.1 Å². The van der Waals surface area contributed by atoms with Crippen LogP contribution in [-0.2, 0) is 0 Å². The van der Waals surface area contributed by atoms with Crippen LogP contribution in [0.1, 0.15) is 26.4 Å². The van der Waals surface area contributed by atoms with Gasteiger partial charge in [0.15, 0.2) is 0 Å². The van der Waals surface area contributed by atoms with Crippen molar-refractivity contribution < 1.29 is 23.8 Å². The number of hydrogen-bond acceptors (Lipinski definition) is 4. The molecular formula is C14H11FN2O4. The van der Waals surface area contributed by atoms with Crippen molar-refractivity contribution in [2.75, 3.05) is 0 Å². The van der Waals surface area contributed by atoms with E-state index in [2.05, 4.69) is 4.98 Å². The predicted octanol–water partition coefficient (Wildman–Crippen LogP) is 2.12. The van der Waals surface area contributed by atoms with Crippen LogP contribution in [0.4, 0.5) is 4.39 Å². The lowest BCUT2D eigenvalue weighted by atomic mass is 10.2. The van der Waals surface area contributed by atoms with Crippen LogP contribution in [0, 0.1) is 12.7 Å². The number of carbonyl (C=O) groups excluding carboxylic acids is 1. The molecule has 3 N–H and O–H groups in total. The van der Waals surface area contributed by atoms with Gasteiger partial charge in [-0.25, -0.2) is 14.2 Å². The number of benzene rings is 1. The summed E-state index contributed by atoms with van der Waals surface area (Å²) in [6, 6.07) is 6.28. The first-order valence-electron chi connectivity index (χ1n) is 5.86. The molecule has 108 valence electrons. The Morgan fingerprint density at radius 3 is 2.67 bits per heavy atom. The van der Waals surface area contributed by atoms with Gasteiger partial charge in [0.05, 0.1) is 5.56 Å². The largest absolute Gasteiger partial charge is 0.478 e. The molecule has 0 aliphatic heterocycles. The number of aromatic nitrogens is 1. The van der Waals surface area contributed by atoms with Crippen molar-refractivity contribution in [1.29, 1.82) is 0 Å². The summed E-state index contributed by atoms with van der Waals surface area (Å²) in [7, 11) is 0. The number of carboxylic acids is 1. The average Bonchev–Trinajstić information content (AvgIpc) is 2.37. The molecule has 2 rings (SSSR count). The van der Waals surface area contributed by atoms with Gasteiger partial charge < -0.3 is 15.6 Å². The highest BCUT2D eigenvalue weighted by atomic mass is 19.1. The minimum absolute atomic E-state index is 0.0328. The number of halogens is 1. The van der Waals surface area contributed by atoms with Crippen molar-refractivity contribution in [3.05, 3.63) is 53.0 Å². The lowest BCUT2D eigenvalue weighted by Gasteiger charge is -2.10. The highest BCUT2D eigenvalue weighted by Gasteiger charge is 2.17. The maximum Gasteiger partial charge on any atom is 0.335 e. The van der Waals surface area contributed by atoms with Gasteiger partial charge in [0.25, 0.3) is 5.91 Å². The van der Waals surface area contributed by atoms with Gasteiger partial charge in [-0.2, -0.15) is 0 Å². The van der Waals surface area contributed by atoms with Crippen LogP contribution in [0.2, 0.25) is 0 Å². The zero-order valence-corrected chi connectivity index (χ0v) is 11.0. The molecule has 0 spiro atoms. The fourth-order valence-corrected chi connectivity index (χ4v) is 1.76. The van der Waals surface area contributed by atoms with E-state index in [9.17, 15) is 14.0 Å². The molecule has 0 fully saturated rings. The van der Waals surface area contributed by atoms with Crippen molar-refractivity contribution in [1.82, 2.24) is 4.98 Å². The normalized spacial score (nSPS) is 10.2. The van der Waals surface area contributed by atoms with Crippen LogP contribution in [0.25, 0.3) is 0 Å². The first-order valence-corrected chi connectivity index (χ1v) is 5.86. The number of nitrogens with zero attached hydrogens (tertiary/aromatic N) is 1. The SMILES string of the molecule is Cc1cc(C(=O)O)cc(Oc2cccc(F)c2C(N)=O)n1. The predicted molar refractivity (Wildman–Crippen MR) is 70.9 cm³/mol. The van der Waals surface area contributed by atoms with E-state index in [0.29, 0.717) is 5.69 Å². The molecule has 1 aromatic carbocycles. The molecule has 21 heavy (non-hydrogen) atoms. The standard InChI is InChI=1S/C14H11FN2O4/c1-7-5-8(14(19)20)6-11(17-7)21-10-4-2-3-9(15)12(10)13(16)18/h2-6H,1H3,(H2,16,18)(H,19,20). The Kier molecular flexibility index (Phi) is 3.84. The lowest BCUT2D eigenvalue weighted by Crippen LogP contribution is -2.14. The first-order chi connectivity index (χ1) is 9.88. The van der Waals surface area contributed by atoms with Gasteiger partial charge >= 0.3 is 5.97 Å². The number of pyridine rings is 1. The zero-order valence-electron chi connectivity index (χ0n) is 11.0. The van der Waals surface area contributed by atoms with E-state index < -0.39 is 23.3 Å². The molecule has 0 saturated carbocycles. The van der Waals surface area contributed by atoms with Gasteiger partial charge in [-0.3, -0.25) is 4.79 Å². The third-order valence-electron chi connectivity index (χ3n) is 2.61. The number of amides is 1. The van der Waals surface area contributed by atoms with Crippen LogP contribution in [0.15, 0.2) is 30.3 Å². The van der Waals surface area contributed by atoms with Crippen molar-refractivity contribution in [3.8, 4) is 11.6 Å². The Morgan fingerprint density at radius 2 is 2.05 bits per heavy atom. The second kappa shape index (κ2) is 5.58. The highest BCUT2D eigenvalue weighted by Crippen LogP contribution is 2.26.